The summed E-state index contributed by atoms with van der Waals surface area (Å²) in [5.74, 6) is 0.237. The van der Waals surface area contributed by atoms with Crippen LogP contribution in [0.3, 0.4) is 0 Å². The first-order valence-electron chi connectivity index (χ1n) is 3.97. The number of methoxy groups -OCH3 is 1. The van der Waals surface area contributed by atoms with Crippen molar-refractivity contribution in [2.75, 3.05) is 7.11 Å². The van der Waals surface area contributed by atoms with Gasteiger partial charge in [-0.15, -0.1) is 0 Å². The molecule has 0 saturated carbocycles. The quantitative estimate of drug-likeness (QED) is 0.589. The summed E-state index contributed by atoms with van der Waals surface area (Å²) in [4.78, 5) is 21.2. The van der Waals surface area contributed by atoms with E-state index in [9.17, 15) is 14.9 Å². The Labute approximate surface area is 82.4 Å². The van der Waals surface area contributed by atoms with Crippen molar-refractivity contribution in [1.29, 1.82) is 0 Å². The fourth-order valence-corrected chi connectivity index (χ4v) is 1.27. The highest BCUT2D eigenvalue weighted by atomic mass is 16.6. The van der Waals surface area contributed by atoms with Gasteiger partial charge in [0, 0.05) is 0 Å². The molecule has 0 aliphatic carbocycles. The van der Waals surface area contributed by atoms with E-state index in [2.05, 4.69) is 0 Å². The minimum absolute atomic E-state index is 0.0780. The summed E-state index contributed by atoms with van der Waals surface area (Å²) >= 11 is 0. The number of non-ortho nitro benzene ring substituents is 1. The molecule has 0 bridgehead atoms. The van der Waals surface area contributed by atoms with Gasteiger partial charge >= 0.3 is 5.69 Å². The summed E-state index contributed by atoms with van der Waals surface area (Å²) in [6.07, 6.45) is 0. The van der Waals surface area contributed by atoms with E-state index in [1.54, 1.807) is 0 Å². The number of nitro benzene ring substituents is 1. The largest absolute Gasteiger partial charge is 0.496 e. The fourth-order valence-electron chi connectivity index (χ4n) is 1.27. The number of aromatic amines is 1. The van der Waals surface area contributed by atoms with E-state index >= 15 is 0 Å². The first-order chi connectivity index (χ1) is 7.13. The lowest BCUT2D eigenvalue weighted by Gasteiger charge is -1.98. The summed E-state index contributed by atoms with van der Waals surface area (Å²) < 4.78 is 9.54. The molecule has 7 heteroatoms. The van der Waals surface area contributed by atoms with Crippen LogP contribution in [-0.4, -0.2) is 17.2 Å². The molecule has 0 radical (unpaired) electrons. The molecule has 1 aromatic heterocycles. The van der Waals surface area contributed by atoms with Crippen LogP contribution >= 0.6 is 0 Å². The van der Waals surface area contributed by atoms with Crippen molar-refractivity contribution >= 4 is 16.7 Å². The fraction of sp³-hybridized carbons (Fsp3) is 0.125. The summed E-state index contributed by atoms with van der Waals surface area (Å²) in [5.41, 5.74) is -0.902. The number of nitrogens with zero attached hydrogens (tertiary/aromatic N) is 1. The zero-order chi connectivity index (χ0) is 11.0. The number of fused-ring (bicyclic) bond motifs is 1. The SMILES string of the molecule is COc1cc([N+](=O)[O-])c2o[nH]c(=O)c2c1. The van der Waals surface area contributed by atoms with Gasteiger partial charge in [-0.25, -0.2) is 0 Å². The summed E-state index contributed by atoms with van der Waals surface area (Å²) in [6, 6.07) is 2.57. The number of rotatable bonds is 2. The highest BCUT2D eigenvalue weighted by Gasteiger charge is 2.19. The Bertz CT molecular complexity index is 582. The summed E-state index contributed by atoms with van der Waals surface area (Å²) in [6.45, 7) is 0. The van der Waals surface area contributed by atoms with E-state index in [0.29, 0.717) is 0 Å². The van der Waals surface area contributed by atoms with Crippen LogP contribution in [0, 0.1) is 10.1 Å². The second-order valence-electron chi connectivity index (χ2n) is 2.81. The summed E-state index contributed by atoms with van der Waals surface area (Å²) in [5, 5.41) is 12.8. The lowest BCUT2D eigenvalue weighted by molar-refractivity contribution is -0.383. The number of H-pyrrole nitrogens is 1. The molecule has 0 saturated heterocycles. The highest BCUT2D eigenvalue weighted by molar-refractivity contribution is 5.86. The Hall–Kier alpha value is -2.31. The maximum absolute atomic E-state index is 11.2. The number of hydrogen-bond acceptors (Lipinski definition) is 5. The van der Waals surface area contributed by atoms with Crippen LogP contribution in [0.4, 0.5) is 5.69 Å². The van der Waals surface area contributed by atoms with Crippen LogP contribution in [0.15, 0.2) is 21.5 Å². The number of nitrogens with one attached hydrogen (secondary N) is 1. The van der Waals surface area contributed by atoms with Crippen molar-refractivity contribution < 1.29 is 14.2 Å². The molecule has 0 fully saturated rings. The van der Waals surface area contributed by atoms with Gasteiger partial charge in [-0.2, -0.15) is 5.16 Å². The molecule has 0 aliphatic rings. The Kier molecular flexibility index (Phi) is 1.93. The number of benzene rings is 1. The van der Waals surface area contributed by atoms with E-state index in [1.807, 2.05) is 5.16 Å². The third-order valence-corrected chi connectivity index (χ3v) is 1.97. The van der Waals surface area contributed by atoms with E-state index in [4.69, 9.17) is 9.26 Å². The van der Waals surface area contributed by atoms with Crippen molar-refractivity contribution in [2.45, 2.75) is 0 Å². The maximum Gasteiger partial charge on any atom is 0.318 e. The standard InChI is InChI=1S/C8H6N2O5/c1-14-4-2-5-7(15-9-8(5)11)6(3-4)10(12)13/h2-3H,1H3,(H,9,11). The first-order valence-corrected chi connectivity index (χ1v) is 3.97. The molecule has 2 aromatic rings. The Morgan fingerprint density at radius 3 is 2.87 bits per heavy atom. The molecule has 7 nitrogen and oxygen atoms in total. The van der Waals surface area contributed by atoms with Gasteiger partial charge < -0.3 is 9.26 Å². The van der Waals surface area contributed by atoms with Crippen molar-refractivity contribution in [2.24, 2.45) is 0 Å². The molecule has 0 amide bonds. The molecule has 1 heterocycles. The van der Waals surface area contributed by atoms with Gasteiger partial charge in [0.2, 0.25) is 5.58 Å². The molecule has 15 heavy (non-hydrogen) atoms. The minimum Gasteiger partial charge on any atom is -0.496 e. The number of nitro groups is 1. The molecular formula is C8H6N2O5. The summed E-state index contributed by atoms with van der Waals surface area (Å²) in [7, 11) is 1.36. The van der Waals surface area contributed by atoms with Gasteiger partial charge in [0.1, 0.15) is 5.75 Å². The molecular weight excluding hydrogens is 204 g/mol. The van der Waals surface area contributed by atoms with Crippen LogP contribution in [0.1, 0.15) is 0 Å². The van der Waals surface area contributed by atoms with Crippen LogP contribution in [0.5, 0.6) is 5.75 Å². The van der Waals surface area contributed by atoms with Crippen LogP contribution in [-0.2, 0) is 0 Å². The molecule has 0 spiro atoms. The normalized spacial score (nSPS) is 10.5. The molecule has 1 N–H and O–H groups in total. The average Bonchev–Trinajstić information content (AvgIpc) is 2.59. The van der Waals surface area contributed by atoms with Crippen molar-refractivity contribution in [3.63, 3.8) is 0 Å². The smallest absolute Gasteiger partial charge is 0.318 e. The van der Waals surface area contributed by atoms with E-state index < -0.39 is 10.5 Å². The molecule has 2 rings (SSSR count). The first kappa shape index (κ1) is 9.25. The molecule has 78 valence electrons. The van der Waals surface area contributed by atoms with Gasteiger partial charge in [0.15, 0.2) is 0 Å². The lowest BCUT2D eigenvalue weighted by atomic mass is 10.2. The van der Waals surface area contributed by atoms with Crippen molar-refractivity contribution in [3.05, 3.63) is 32.6 Å². The van der Waals surface area contributed by atoms with Gasteiger partial charge in [-0.3, -0.25) is 14.9 Å². The maximum atomic E-state index is 11.2. The Balaban J connectivity index is 2.88. The molecule has 0 atom stereocenters. The van der Waals surface area contributed by atoms with Gasteiger partial charge in [0.05, 0.1) is 23.5 Å². The third kappa shape index (κ3) is 1.33. The second kappa shape index (κ2) is 3.12. The van der Waals surface area contributed by atoms with E-state index in [0.717, 1.165) is 0 Å². The van der Waals surface area contributed by atoms with Crippen molar-refractivity contribution in [1.82, 2.24) is 5.16 Å². The predicted molar refractivity (Wildman–Crippen MR) is 50.0 cm³/mol. The van der Waals surface area contributed by atoms with Gasteiger partial charge in [-0.1, -0.05) is 0 Å². The van der Waals surface area contributed by atoms with Crippen LogP contribution < -0.4 is 10.3 Å². The zero-order valence-corrected chi connectivity index (χ0v) is 7.64. The Morgan fingerprint density at radius 2 is 2.27 bits per heavy atom. The molecule has 0 unspecified atom stereocenters. The third-order valence-electron chi connectivity index (χ3n) is 1.97. The van der Waals surface area contributed by atoms with E-state index in [-0.39, 0.29) is 22.4 Å². The number of aromatic nitrogens is 1. The predicted octanol–water partition coefficient (Wildman–Crippen LogP) is 1.04. The Morgan fingerprint density at radius 1 is 1.53 bits per heavy atom. The zero-order valence-electron chi connectivity index (χ0n) is 7.64. The molecule has 0 aliphatic heterocycles. The molecule has 1 aromatic carbocycles. The topological polar surface area (TPSA) is 98.4 Å². The van der Waals surface area contributed by atoms with Crippen molar-refractivity contribution in [3.8, 4) is 5.75 Å². The van der Waals surface area contributed by atoms with Gasteiger partial charge in [0.25, 0.3) is 5.56 Å². The van der Waals surface area contributed by atoms with Crippen LogP contribution in [0.25, 0.3) is 11.0 Å². The monoisotopic (exact) mass is 210 g/mol. The van der Waals surface area contributed by atoms with Gasteiger partial charge in [-0.05, 0) is 6.07 Å². The van der Waals surface area contributed by atoms with E-state index in [1.165, 1.54) is 19.2 Å². The number of hydrogen-bond donors (Lipinski definition) is 1. The lowest BCUT2D eigenvalue weighted by Crippen LogP contribution is -1.98. The van der Waals surface area contributed by atoms with Crippen LogP contribution in [0.2, 0.25) is 0 Å². The highest BCUT2D eigenvalue weighted by Crippen LogP contribution is 2.28. The second-order valence-corrected chi connectivity index (χ2v) is 2.81. The minimum atomic E-state index is -0.637. The average molecular weight is 210 g/mol. The number of ether oxygens (including phenoxy) is 1.